The van der Waals surface area contributed by atoms with Crippen molar-refractivity contribution < 1.29 is 46.9 Å². The Labute approximate surface area is 268 Å². The molecule has 230 valence electrons. The number of nitrogens with zero attached hydrogens (tertiary/aromatic N) is 6. The van der Waals surface area contributed by atoms with Crippen molar-refractivity contribution >= 4 is 12.4 Å². The predicted molar refractivity (Wildman–Crippen MR) is 168 cm³/mol. The molecular formula is C30H35ClN6O5Ru. The number of hydrogen-bond acceptors (Lipinski definition) is 6. The van der Waals surface area contributed by atoms with Crippen LogP contribution in [0.2, 0.25) is 0 Å². The van der Waals surface area contributed by atoms with Gasteiger partial charge in [0.1, 0.15) is 0 Å². The molecule has 0 spiro atoms. The molecule has 0 aliphatic carbocycles. The van der Waals surface area contributed by atoms with E-state index in [-0.39, 0.29) is 59.3 Å². The van der Waals surface area contributed by atoms with Crippen molar-refractivity contribution in [3.05, 3.63) is 146 Å². The molecule has 0 unspecified atom stereocenters. The molecule has 6 rings (SSSR count). The Bertz CT molecular complexity index is 1130. The van der Waals surface area contributed by atoms with Crippen molar-refractivity contribution in [3.8, 4) is 34.2 Å². The van der Waals surface area contributed by atoms with Gasteiger partial charge in [0.25, 0.3) is 0 Å². The van der Waals surface area contributed by atoms with Crippen LogP contribution in [0.3, 0.4) is 0 Å². The van der Waals surface area contributed by atoms with Crippen LogP contribution in [0.5, 0.6) is 0 Å². The molecule has 6 aromatic rings. The van der Waals surface area contributed by atoms with Crippen LogP contribution in [-0.4, -0.2) is 57.3 Å². The molecule has 0 fully saturated rings. The van der Waals surface area contributed by atoms with E-state index in [0.29, 0.717) is 0 Å². The zero-order valence-corrected chi connectivity index (χ0v) is 25.4. The third kappa shape index (κ3) is 15.4. The fraction of sp³-hybridized carbons (Fsp3) is 0. The van der Waals surface area contributed by atoms with Gasteiger partial charge in [-0.1, -0.05) is 36.4 Å². The zero-order chi connectivity index (χ0) is 24.7. The first-order valence-electron chi connectivity index (χ1n) is 11.4. The Morgan fingerprint density at radius 2 is 0.395 bits per heavy atom. The molecule has 0 aliphatic heterocycles. The van der Waals surface area contributed by atoms with Gasteiger partial charge in [0.05, 0.1) is 34.2 Å². The third-order valence-electron chi connectivity index (χ3n) is 4.78. The second-order valence-electron chi connectivity index (χ2n) is 7.29. The molecule has 0 aromatic carbocycles. The van der Waals surface area contributed by atoms with Crippen LogP contribution in [0.4, 0.5) is 0 Å². The molecule has 0 radical (unpaired) electrons. The fourth-order valence-electron chi connectivity index (χ4n) is 3.09. The largest absolute Gasteiger partial charge is 0.412 e. The first-order valence-corrected chi connectivity index (χ1v) is 11.4. The summed E-state index contributed by atoms with van der Waals surface area (Å²) < 4.78 is 0. The topological polar surface area (TPSA) is 235 Å². The molecule has 0 atom stereocenters. The van der Waals surface area contributed by atoms with Crippen LogP contribution in [0.1, 0.15) is 0 Å². The summed E-state index contributed by atoms with van der Waals surface area (Å²) in [4.78, 5) is 25.1. The average molecular weight is 696 g/mol. The Balaban J connectivity index is -0.000000245. The third-order valence-corrected chi connectivity index (χ3v) is 4.78. The molecule has 0 bridgehead atoms. The van der Waals surface area contributed by atoms with Crippen molar-refractivity contribution in [2.24, 2.45) is 0 Å². The Morgan fingerprint density at radius 3 is 0.488 bits per heavy atom. The number of halogens is 1. The Hall–Kier alpha value is -4.39. The quantitative estimate of drug-likeness (QED) is 0.252. The maximum atomic E-state index is 4.19. The summed E-state index contributed by atoms with van der Waals surface area (Å²) in [5.74, 6) is 0. The van der Waals surface area contributed by atoms with Gasteiger partial charge >= 0.3 is 0 Å². The van der Waals surface area contributed by atoms with Crippen molar-refractivity contribution in [3.63, 3.8) is 0 Å². The van der Waals surface area contributed by atoms with Crippen LogP contribution in [0.25, 0.3) is 34.2 Å². The van der Waals surface area contributed by atoms with Crippen LogP contribution < -0.4 is 0 Å². The van der Waals surface area contributed by atoms with Gasteiger partial charge in [-0.2, -0.15) is 0 Å². The van der Waals surface area contributed by atoms with Gasteiger partial charge in [-0.25, -0.2) is 0 Å². The van der Waals surface area contributed by atoms with Gasteiger partial charge in [0.15, 0.2) is 0 Å². The summed E-state index contributed by atoms with van der Waals surface area (Å²) in [5, 5.41) is 0. The second kappa shape index (κ2) is 26.5. The van der Waals surface area contributed by atoms with Crippen molar-refractivity contribution in [1.29, 1.82) is 0 Å². The van der Waals surface area contributed by atoms with Crippen molar-refractivity contribution in [1.82, 2.24) is 29.9 Å². The van der Waals surface area contributed by atoms with Crippen molar-refractivity contribution in [2.45, 2.75) is 0 Å². The normalized spacial score (nSPS) is 8.09. The van der Waals surface area contributed by atoms with E-state index in [1.54, 1.807) is 37.2 Å². The van der Waals surface area contributed by atoms with Gasteiger partial charge < -0.3 is 27.4 Å². The maximum Gasteiger partial charge on any atom is 0.0886 e. The van der Waals surface area contributed by atoms with Gasteiger partial charge in [-0.3, -0.25) is 29.9 Å². The van der Waals surface area contributed by atoms with Crippen LogP contribution in [-0.2, 0) is 19.5 Å². The molecule has 0 saturated heterocycles. The van der Waals surface area contributed by atoms with E-state index in [1.807, 2.05) is 109 Å². The van der Waals surface area contributed by atoms with Gasteiger partial charge in [0.2, 0.25) is 0 Å². The summed E-state index contributed by atoms with van der Waals surface area (Å²) in [5.41, 5.74) is 5.49. The summed E-state index contributed by atoms with van der Waals surface area (Å²) in [6, 6.07) is 34.8. The summed E-state index contributed by atoms with van der Waals surface area (Å²) in [6.45, 7) is 0. The molecule has 0 amide bonds. The standard InChI is InChI=1S/3C10H8N2.ClH.5H2O.Ru/c3*1-3-7-11-9(5-1)10-6-2-4-8-12-10;;;;;;;/h3*1-8H;1H;5*1H2;. The molecule has 0 saturated carbocycles. The molecule has 11 nitrogen and oxygen atoms in total. The van der Waals surface area contributed by atoms with E-state index < -0.39 is 0 Å². The van der Waals surface area contributed by atoms with Gasteiger partial charge in [-0.05, 0) is 72.8 Å². The van der Waals surface area contributed by atoms with Crippen molar-refractivity contribution in [2.75, 3.05) is 0 Å². The first kappa shape index (κ1) is 45.6. The minimum absolute atomic E-state index is 0. The van der Waals surface area contributed by atoms with E-state index in [9.17, 15) is 0 Å². The van der Waals surface area contributed by atoms with E-state index in [2.05, 4.69) is 29.9 Å². The maximum absolute atomic E-state index is 4.19. The van der Waals surface area contributed by atoms with Gasteiger partial charge in [-0.15, -0.1) is 12.4 Å². The molecular weight excluding hydrogens is 661 g/mol. The summed E-state index contributed by atoms with van der Waals surface area (Å²) in [7, 11) is 0. The number of hydrogen-bond donors (Lipinski definition) is 0. The molecule has 10 N–H and O–H groups in total. The van der Waals surface area contributed by atoms with E-state index in [0.717, 1.165) is 34.2 Å². The average Bonchev–Trinajstić information content (AvgIpc) is 3.01. The molecule has 0 aliphatic rings. The molecule has 43 heavy (non-hydrogen) atoms. The van der Waals surface area contributed by atoms with Crippen LogP contribution in [0, 0.1) is 0 Å². The Morgan fingerprint density at radius 1 is 0.256 bits per heavy atom. The fourth-order valence-corrected chi connectivity index (χ4v) is 3.09. The molecule has 6 aromatic heterocycles. The summed E-state index contributed by atoms with van der Waals surface area (Å²) >= 11 is 0. The molecule has 13 heteroatoms. The van der Waals surface area contributed by atoms with E-state index in [1.165, 1.54) is 0 Å². The minimum Gasteiger partial charge on any atom is -0.412 e. The smallest absolute Gasteiger partial charge is 0.0886 e. The number of pyridine rings is 6. The van der Waals surface area contributed by atoms with Gasteiger partial charge in [0, 0.05) is 56.7 Å². The van der Waals surface area contributed by atoms with Crippen LogP contribution in [0.15, 0.2) is 146 Å². The second-order valence-corrected chi connectivity index (χ2v) is 7.29. The predicted octanol–water partition coefficient (Wildman–Crippen LogP) is 2.73. The van der Waals surface area contributed by atoms with E-state index in [4.69, 9.17) is 0 Å². The van der Waals surface area contributed by atoms with E-state index >= 15 is 0 Å². The zero-order valence-electron chi connectivity index (χ0n) is 22.8. The number of aromatic nitrogens is 6. The summed E-state index contributed by atoms with van der Waals surface area (Å²) in [6.07, 6.45) is 10.6. The first-order chi connectivity index (χ1) is 17.9. The Kier molecular flexibility index (Phi) is 28.1. The monoisotopic (exact) mass is 696 g/mol. The molecule has 6 heterocycles. The minimum atomic E-state index is 0. The SMILES string of the molecule is Cl.O.O.O.O.O.[Ru].c1ccc(-c2ccccn2)nc1.c1ccc(-c2ccccn2)nc1.c1ccc(-c2ccccn2)nc1. The van der Waals surface area contributed by atoms with Crippen LogP contribution >= 0.6 is 12.4 Å². The number of rotatable bonds is 3.